The summed E-state index contributed by atoms with van der Waals surface area (Å²) >= 11 is 0. The van der Waals surface area contributed by atoms with Crippen LogP contribution in [-0.4, -0.2) is 53.6 Å². The Labute approximate surface area is 218 Å². The first kappa shape index (κ1) is 26.1. The van der Waals surface area contributed by atoms with Gasteiger partial charge in [0.15, 0.2) is 0 Å². The van der Waals surface area contributed by atoms with Gasteiger partial charge in [-0.15, -0.1) is 0 Å². The lowest BCUT2D eigenvalue weighted by atomic mass is 9.90. The summed E-state index contributed by atoms with van der Waals surface area (Å²) in [5.74, 6) is 0.358. The van der Waals surface area contributed by atoms with Gasteiger partial charge >= 0.3 is 12.3 Å². The number of benzene rings is 1. The van der Waals surface area contributed by atoms with Gasteiger partial charge in [-0.25, -0.2) is 4.79 Å². The number of hydrogen-bond donors (Lipinski definition) is 1. The summed E-state index contributed by atoms with van der Waals surface area (Å²) in [4.78, 5) is 29.0. The van der Waals surface area contributed by atoms with Crippen molar-refractivity contribution in [1.82, 2.24) is 15.1 Å². The van der Waals surface area contributed by atoms with Crippen LogP contribution in [-0.2, 0) is 28.8 Å². The summed E-state index contributed by atoms with van der Waals surface area (Å²) in [5.41, 5.74) is 0.599. The van der Waals surface area contributed by atoms with E-state index in [2.05, 4.69) is 10.2 Å². The van der Waals surface area contributed by atoms with Crippen molar-refractivity contribution in [3.63, 3.8) is 0 Å². The first-order valence-corrected chi connectivity index (χ1v) is 12.7. The molecule has 2 aromatic rings. The molecular weight excluding hydrogens is 499 g/mol. The van der Waals surface area contributed by atoms with Crippen LogP contribution in [0.25, 0.3) is 0 Å². The fourth-order valence-electron chi connectivity index (χ4n) is 5.17. The average Bonchev–Trinajstić information content (AvgIpc) is 3.52. The van der Waals surface area contributed by atoms with Crippen LogP contribution in [0.2, 0.25) is 0 Å². The summed E-state index contributed by atoms with van der Waals surface area (Å²) in [6.07, 6.45) is 4.53. The van der Waals surface area contributed by atoms with E-state index in [-0.39, 0.29) is 17.9 Å². The summed E-state index contributed by atoms with van der Waals surface area (Å²) in [6, 6.07) is 8.84. The number of ether oxygens (including phenoxy) is 1. The second-order valence-electron chi connectivity index (χ2n) is 10.2. The van der Waals surface area contributed by atoms with Crippen molar-refractivity contribution < 1.29 is 31.9 Å². The van der Waals surface area contributed by atoms with Gasteiger partial charge in [0.2, 0.25) is 5.91 Å². The number of nitrogens with zero attached hydrogens (tertiary/aromatic N) is 2. The first-order chi connectivity index (χ1) is 18.2. The van der Waals surface area contributed by atoms with E-state index in [1.54, 1.807) is 23.3 Å². The topological polar surface area (TPSA) is 75.0 Å². The molecule has 3 heterocycles. The van der Waals surface area contributed by atoms with E-state index in [1.165, 1.54) is 12.1 Å². The van der Waals surface area contributed by atoms with E-state index in [4.69, 9.17) is 9.15 Å². The van der Waals surface area contributed by atoms with Crippen LogP contribution in [0, 0.1) is 5.92 Å². The van der Waals surface area contributed by atoms with Gasteiger partial charge in [-0.05, 0) is 41.8 Å². The summed E-state index contributed by atoms with van der Waals surface area (Å²) < 4.78 is 49.5. The number of hydrogen-bond acceptors (Lipinski definition) is 5. The standard InChI is InChI=1S/C28H30F3N3O4/c29-28(30,31)23-9-5-20(6-10-23)17-33-13-11-27(12-14-33)19-34(26(36)38-27)18-21-3-7-22(8-4-21)25(35)32-16-24-2-1-15-37-24/h1-7,9-10,15,22H,8,11-14,16-19H2,(H,32,35). The molecule has 10 heteroatoms. The number of carbonyl (C=O) groups excluding carboxylic acids is 2. The second kappa shape index (κ2) is 10.7. The molecule has 2 saturated heterocycles. The number of amides is 2. The molecule has 1 aromatic heterocycles. The van der Waals surface area contributed by atoms with E-state index < -0.39 is 17.3 Å². The average molecular weight is 530 g/mol. The third-order valence-electron chi connectivity index (χ3n) is 7.40. The smallest absolute Gasteiger partial charge is 0.416 e. The quantitative estimate of drug-likeness (QED) is 0.552. The first-order valence-electron chi connectivity index (χ1n) is 12.7. The van der Waals surface area contributed by atoms with Crippen LogP contribution in [0.4, 0.5) is 18.0 Å². The number of piperidine rings is 1. The molecule has 1 unspecified atom stereocenters. The highest BCUT2D eigenvalue weighted by Crippen LogP contribution is 2.35. The molecule has 7 nitrogen and oxygen atoms in total. The minimum atomic E-state index is -4.34. The molecule has 38 heavy (non-hydrogen) atoms. The maximum absolute atomic E-state index is 12.8. The van der Waals surface area contributed by atoms with Crippen LogP contribution >= 0.6 is 0 Å². The Kier molecular flexibility index (Phi) is 7.34. The van der Waals surface area contributed by atoms with Gasteiger partial charge < -0.3 is 14.5 Å². The fraction of sp³-hybridized carbons (Fsp3) is 0.429. The number of carbonyl (C=O) groups is 2. The molecule has 0 saturated carbocycles. The number of halogens is 3. The van der Waals surface area contributed by atoms with Crippen molar-refractivity contribution in [3.05, 3.63) is 83.3 Å². The lowest BCUT2D eigenvalue weighted by Crippen LogP contribution is -2.46. The van der Waals surface area contributed by atoms with Crippen molar-refractivity contribution in [1.29, 1.82) is 0 Å². The fourth-order valence-corrected chi connectivity index (χ4v) is 5.17. The highest BCUT2D eigenvalue weighted by atomic mass is 19.4. The number of rotatable bonds is 7. The Morgan fingerprint density at radius 3 is 2.50 bits per heavy atom. The maximum atomic E-state index is 12.8. The van der Waals surface area contributed by atoms with Crippen molar-refractivity contribution in [2.75, 3.05) is 26.2 Å². The Bertz CT molecular complexity index is 1200. The van der Waals surface area contributed by atoms with Crippen LogP contribution in [0.15, 0.2) is 70.9 Å². The zero-order valence-electron chi connectivity index (χ0n) is 20.9. The van der Waals surface area contributed by atoms with E-state index >= 15 is 0 Å². The van der Waals surface area contributed by atoms with Gasteiger partial charge in [-0.1, -0.05) is 30.4 Å². The van der Waals surface area contributed by atoms with E-state index in [0.717, 1.165) is 23.3 Å². The zero-order chi connectivity index (χ0) is 26.8. The Morgan fingerprint density at radius 2 is 1.87 bits per heavy atom. The molecule has 1 aromatic carbocycles. The predicted molar refractivity (Wildman–Crippen MR) is 133 cm³/mol. The monoisotopic (exact) mass is 529 g/mol. The molecule has 3 aliphatic rings. The lowest BCUT2D eigenvalue weighted by molar-refractivity contribution is -0.137. The molecule has 5 rings (SSSR count). The van der Waals surface area contributed by atoms with Crippen molar-refractivity contribution in [2.24, 2.45) is 5.92 Å². The number of likely N-dealkylation sites (tertiary alicyclic amines) is 1. The highest BCUT2D eigenvalue weighted by Gasteiger charge is 2.47. The zero-order valence-corrected chi connectivity index (χ0v) is 20.9. The van der Waals surface area contributed by atoms with Gasteiger partial charge in [0.05, 0.1) is 30.8 Å². The van der Waals surface area contributed by atoms with Gasteiger partial charge in [-0.2, -0.15) is 13.2 Å². The van der Waals surface area contributed by atoms with Crippen LogP contribution in [0.3, 0.4) is 0 Å². The van der Waals surface area contributed by atoms with Gasteiger partial charge in [0.25, 0.3) is 0 Å². The molecule has 0 bridgehead atoms. The third-order valence-corrected chi connectivity index (χ3v) is 7.40. The molecule has 1 atom stereocenters. The van der Waals surface area contributed by atoms with Crippen molar-refractivity contribution in [2.45, 2.75) is 44.1 Å². The number of furan rings is 1. The molecule has 1 N–H and O–H groups in total. The molecule has 1 spiro atoms. The molecule has 2 fully saturated rings. The molecule has 202 valence electrons. The van der Waals surface area contributed by atoms with Gasteiger partial charge in [-0.3, -0.25) is 14.6 Å². The lowest BCUT2D eigenvalue weighted by Gasteiger charge is -2.37. The summed E-state index contributed by atoms with van der Waals surface area (Å²) in [7, 11) is 0. The molecule has 2 aliphatic heterocycles. The number of alkyl halides is 3. The molecule has 2 amide bonds. The predicted octanol–water partition coefficient (Wildman–Crippen LogP) is 4.90. The highest BCUT2D eigenvalue weighted by molar-refractivity contribution is 5.81. The van der Waals surface area contributed by atoms with Crippen LogP contribution < -0.4 is 5.32 Å². The Morgan fingerprint density at radius 1 is 1.11 bits per heavy atom. The normalized spacial score (nSPS) is 21.4. The van der Waals surface area contributed by atoms with Crippen LogP contribution in [0.1, 0.15) is 36.1 Å². The van der Waals surface area contributed by atoms with Crippen molar-refractivity contribution >= 4 is 12.0 Å². The molecule has 0 radical (unpaired) electrons. The minimum Gasteiger partial charge on any atom is -0.467 e. The van der Waals surface area contributed by atoms with Crippen LogP contribution in [0.5, 0.6) is 0 Å². The maximum Gasteiger partial charge on any atom is 0.416 e. The van der Waals surface area contributed by atoms with Crippen molar-refractivity contribution in [3.8, 4) is 0 Å². The molecule has 1 aliphatic carbocycles. The number of nitrogens with one attached hydrogen (secondary N) is 1. The van der Waals surface area contributed by atoms with E-state index in [0.29, 0.717) is 64.3 Å². The Hall–Kier alpha value is -3.53. The molecular formula is C28H30F3N3O4. The second-order valence-corrected chi connectivity index (χ2v) is 10.2. The summed E-state index contributed by atoms with van der Waals surface area (Å²) in [5, 5.41) is 2.87. The van der Waals surface area contributed by atoms with E-state index in [1.807, 2.05) is 18.2 Å². The largest absolute Gasteiger partial charge is 0.467 e. The number of allylic oxidation sites excluding steroid dienone is 1. The minimum absolute atomic E-state index is 0.0736. The summed E-state index contributed by atoms with van der Waals surface area (Å²) in [6.45, 7) is 3.21. The van der Waals surface area contributed by atoms with Gasteiger partial charge in [0, 0.05) is 39.0 Å². The van der Waals surface area contributed by atoms with Gasteiger partial charge in [0.1, 0.15) is 11.4 Å². The Balaban J connectivity index is 1.07. The van der Waals surface area contributed by atoms with E-state index in [9.17, 15) is 22.8 Å². The third kappa shape index (κ3) is 6.12. The SMILES string of the molecule is O=C(NCc1ccco1)C1C=CC(CN2CC3(CCN(Cc4ccc(C(F)(F)F)cc4)CC3)OC2=O)=CC1.